The van der Waals surface area contributed by atoms with Crippen LogP contribution in [-0.4, -0.2) is 29.7 Å². The first kappa shape index (κ1) is 19.3. The fourth-order valence-corrected chi connectivity index (χ4v) is 4.14. The van der Waals surface area contributed by atoms with Gasteiger partial charge in [-0.2, -0.15) is 0 Å². The highest BCUT2D eigenvalue weighted by atomic mass is 16.2. The van der Waals surface area contributed by atoms with E-state index in [1.807, 2.05) is 6.07 Å². The Hall–Kier alpha value is -2.98. The zero-order valence-corrected chi connectivity index (χ0v) is 16.7. The normalized spacial score (nSPS) is 17.2. The second kappa shape index (κ2) is 8.58. The van der Waals surface area contributed by atoms with Crippen LogP contribution in [0, 0.1) is 5.92 Å². The Labute approximate surface area is 171 Å². The number of ketones is 1. The van der Waals surface area contributed by atoms with Crippen molar-refractivity contribution in [2.45, 2.75) is 26.3 Å². The molecular weight excluding hydrogens is 360 g/mol. The molecule has 0 bridgehead atoms. The van der Waals surface area contributed by atoms with Crippen LogP contribution in [0.1, 0.15) is 35.7 Å². The van der Waals surface area contributed by atoms with E-state index in [2.05, 4.69) is 52.7 Å². The van der Waals surface area contributed by atoms with E-state index in [-0.39, 0.29) is 17.6 Å². The molecule has 1 saturated heterocycles. The molecule has 29 heavy (non-hydrogen) atoms. The van der Waals surface area contributed by atoms with Crippen molar-refractivity contribution < 1.29 is 9.59 Å². The van der Waals surface area contributed by atoms with E-state index in [1.165, 1.54) is 23.3 Å². The van der Waals surface area contributed by atoms with Crippen molar-refractivity contribution in [2.24, 2.45) is 5.92 Å². The zero-order valence-electron chi connectivity index (χ0n) is 16.7. The lowest BCUT2D eigenvalue weighted by atomic mass is 9.95. The molecule has 1 unspecified atom stereocenters. The summed E-state index contributed by atoms with van der Waals surface area (Å²) in [5.41, 5.74) is 2.61. The Bertz CT molecular complexity index is 1040. The molecule has 1 N–H and O–H groups in total. The summed E-state index contributed by atoms with van der Waals surface area (Å²) in [4.78, 5) is 26.8. The van der Waals surface area contributed by atoms with E-state index in [1.54, 1.807) is 18.2 Å². The summed E-state index contributed by atoms with van der Waals surface area (Å²) in [5, 5.41) is 5.53. The number of piperidine rings is 1. The third kappa shape index (κ3) is 4.54. The molecule has 1 fully saturated rings. The summed E-state index contributed by atoms with van der Waals surface area (Å²) in [6.45, 7) is 4.15. The SMILES string of the molecule is CC(=O)c1cccc(NC(=O)C2CCCN(Cc3cccc4ccccc34)C2)c1. The Morgan fingerprint density at radius 3 is 2.69 bits per heavy atom. The molecule has 1 heterocycles. The summed E-state index contributed by atoms with van der Waals surface area (Å²) in [5.74, 6) is -0.00643. The molecule has 1 aliphatic rings. The number of carbonyl (C=O) groups excluding carboxylic acids is 2. The van der Waals surface area contributed by atoms with Crippen molar-refractivity contribution in [3.05, 3.63) is 77.9 Å². The Kier molecular flexibility index (Phi) is 5.72. The van der Waals surface area contributed by atoms with E-state index < -0.39 is 0 Å². The Morgan fingerprint density at radius 2 is 1.83 bits per heavy atom. The molecule has 0 aromatic heterocycles. The van der Waals surface area contributed by atoms with Gasteiger partial charge in [-0.15, -0.1) is 0 Å². The second-order valence-electron chi connectivity index (χ2n) is 7.84. The predicted octanol–water partition coefficient (Wildman–Crippen LogP) is 4.89. The van der Waals surface area contributed by atoms with E-state index >= 15 is 0 Å². The van der Waals surface area contributed by atoms with Gasteiger partial charge < -0.3 is 5.32 Å². The number of benzene rings is 3. The van der Waals surface area contributed by atoms with Crippen LogP contribution in [0.4, 0.5) is 5.69 Å². The average molecular weight is 386 g/mol. The lowest BCUT2D eigenvalue weighted by Gasteiger charge is -2.32. The van der Waals surface area contributed by atoms with E-state index in [0.29, 0.717) is 11.3 Å². The smallest absolute Gasteiger partial charge is 0.228 e. The van der Waals surface area contributed by atoms with Gasteiger partial charge in [0.05, 0.1) is 5.92 Å². The molecule has 4 rings (SSSR count). The van der Waals surface area contributed by atoms with Crippen molar-refractivity contribution in [3.63, 3.8) is 0 Å². The number of rotatable bonds is 5. The highest BCUT2D eigenvalue weighted by Gasteiger charge is 2.26. The first-order valence-electron chi connectivity index (χ1n) is 10.2. The monoisotopic (exact) mass is 386 g/mol. The number of amides is 1. The maximum atomic E-state index is 12.8. The number of nitrogens with zero attached hydrogens (tertiary/aromatic N) is 1. The van der Waals surface area contributed by atoms with Gasteiger partial charge in [0.1, 0.15) is 0 Å². The molecular formula is C25H26N2O2. The van der Waals surface area contributed by atoms with Crippen LogP contribution in [0.2, 0.25) is 0 Å². The Balaban J connectivity index is 1.43. The minimum atomic E-state index is -0.0419. The number of carbonyl (C=O) groups is 2. The number of hydrogen-bond acceptors (Lipinski definition) is 3. The molecule has 4 heteroatoms. The fraction of sp³-hybridized carbons (Fsp3) is 0.280. The Morgan fingerprint density at radius 1 is 1.03 bits per heavy atom. The van der Waals surface area contributed by atoms with Gasteiger partial charge in [-0.1, -0.05) is 54.6 Å². The van der Waals surface area contributed by atoms with Crippen LogP contribution in [0.3, 0.4) is 0 Å². The van der Waals surface area contributed by atoms with Crippen molar-refractivity contribution in [1.29, 1.82) is 0 Å². The summed E-state index contributed by atoms with van der Waals surface area (Å²) in [7, 11) is 0. The van der Waals surface area contributed by atoms with E-state index in [4.69, 9.17) is 0 Å². The predicted molar refractivity (Wildman–Crippen MR) is 117 cm³/mol. The fourth-order valence-electron chi connectivity index (χ4n) is 4.14. The quantitative estimate of drug-likeness (QED) is 0.635. The lowest BCUT2D eigenvalue weighted by Crippen LogP contribution is -2.40. The zero-order chi connectivity index (χ0) is 20.2. The number of Topliss-reactive ketones (excluding diaryl/α,β-unsaturated/α-hetero) is 1. The van der Waals surface area contributed by atoms with E-state index in [9.17, 15) is 9.59 Å². The molecule has 3 aromatic rings. The molecule has 1 amide bonds. The molecule has 0 radical (unpaired) electrons. The van der Waals surface area contributed by atoms with Gasteiger partial charge in [0, 0.05) is 24.3 Å². The van der Waals surface area contributed by atoms with Crippen molar-refractivity contribution in [3.8, 4) is 0 Å². The first-order chi connectivity index (χ1) is 14.1. The van der Waals surface area contributed by atoms with Crippen LogP contribution in [-0.2, 0) is 11.3 Å². The maximum absolute atomic E-state index is 12.8. The number of likely N-dealkylation sites (tertiary alicyclic amines) is 1. The number of anilines is 1. The molecule has 148 valence electrons. The van der Waals surface area contributed by atoms with Crippen molar-refractivity contribution in [1.82, 2.24) is 4.90 Å². The average Bonchev–Trinajstić information content (AvgIpc) is 2.74. The third-order valence-electron chi connectivity index (χ3n) is 5.69. The molecule has 0 spiro atoms. The van der Waals surface area contributed by atoms with Crippen LogP contribution >= 0.6 is 0 Å². The van der Waals surface area contributed by atoms with Crippen LogP contribution in [0.25, 0.3) is 10.8 Å². The molecule has 1 aliphatic heterocycles. The summed E-state index contributed by atoms with van der Waals surface area (Å²) in [6.07, 6.45) is 1.90. The van der Waals surface area contributed by atoms with Crippen molar-refractivity contribution in [2.75, 3.05) is 18.4 Å². The number of fused-ring (bicyclic) bond motifs is 1. The highest BCUT2D eigenvalue weighted by molar-refractivity contribution is 5.97. The van der Waals surface area contributed by atoms with Crippen LogP contribution in [0.15, 0.2) is 66.7 Å². The molecule has 3 aromatic carbocycles. The topological polar surface area (TPSA) is 49.4 Å². The van der Waals surface area contributed by atoms with Gasteiger partial charge in [0.15, 0.2) is 5.78 Å². The first-order valence-corrected chi connectivity index (χ1v) is 10.2. The molecule has 1 atom stereocenters. The number of nitrogens with one attached hydrogen (secondary N) is 1. The summed E-state index contributed by atoms with van der Waals surface area (Å²) < 4.78 is 0. The third-order valence-corrected chi connectivity index (χ3v) is 5.69. The van der Waals surface area contributed by atoms with Gasteiger partial charge in [0.2, 0.25) is 5.91 Å². The minimum Gasteiger partial charge on any atom is -0.326 e. The van der Waals surface area contributed by atoms with Crippen LogP contribution in [0.5, 0.6) is 0 Å². The standard InChI is InChI=1S/C25H26N2O2/c1-18(28)20-9-5-12-23(15-20)26-25(29)22-11-6-14-27(17-22)16-21-10-4-8-19-7-2-3-13-24(19)21/h2-5,7-10,12-13,15,22H,6,11,14,16-17H2,1H3,(H,26,29). The van der Waals surface area contributed by atoms with Gasteiger partial charge in [-0.3, -0.25) is 14.5 Å². The maximum Gasteiger partial charge on any atom is 0.228 e. The minimum absolute atomic E-state index is 0.0000261. The van der Waals surface area contributed by atoms with Gasteiger partial charge in [0.25, 0.3) is 0 Å². The van der Waals surface area contributed by atoms with Gasteiger partial charge >= 0.3 is 0 Å². The number of hydrogen-bond donors (Lipinski definition) is 1. The lowest BCUT2D eigenvalue weighted by molar-refractivity contribution is -0.121. The van der Waals surface area contributed by atoms with E-state index in [0.717, 1.165) is 32.5 Å². The van der Waals surface area contributed by atoms with Gasteiger partial charge in [-0.05, 0) is 54.8 Å². The molecule has 0 aliphatic carbocycles. The summed E-state index contributed by atoms with van der Waals surface area (Å²) in [6, 6.07) is 22.0. The largest absolute Gasteiger partial charge is 0.326 e. The van der Waals surface area contributed by atoms with Gasteiger partial charge in [-0.25, -0.2) is 0 Å². The van der Waals surface area contributed by atoms with Crippen molar-refractivity contribution >= 4 is 28.2 Å². The molecule has 4 nitrogen and oxygen atoms in total. The summed E-state index contributed by atoms with van der Waals surface area (Å²) >= 11 is 0. The van der Waals surface area contributed by atoms with Crippen LogP contribution < -0.4 is 5.32 Å². The second-order valence-corrected chi connectivity index (χ2v) is 7.84. The molecule has 0 saturated carbocycles. The highest BCUT2D eigenvalue weighted by Crippen LogP contribution is 2.24.